The first-order valence-electron chi connectivity index (χ1n) is 4.04. The van der Waals surface area contributed by atoms with Gasteiger partial charge in [-0.3, -0.25) is 0 Å². The molecule has 1 nitrogen and oxygen atoms in total. The molecule has 1 aromatic carbocycles. The van der Waals surface area contributed by atoms with E-state index in [0.29, 0.717) is 5.75 Å². The van der Waals surface area contributed by atoms with Gasteiger partial charge in [0, 0.05) is 10.6 Å². The van der Waals surface area contributed by atoms with Gasteiger partial charge in [-0.1, -0.05) is 6.92 Å². The van der Waals surface area contributed by atoms with Crippen molar-refractivity contribution in [2.24, 2.45) is 0 Å². The Bertz CT molecular complexity index is 322. The highest BCUT2D eigenvalue weighted by Crippen LogP contribution is 2.37. The van der Waals surface area contributed by atoms with E-state index in [-0.39, 0.29) is 10.6 Å². The lowest BCUT2D eigenvalue weighted by Gasteiger charge is -2.12. The van der Waals surface area contributed by atoms with Gasteiger partial charge in [0.2, 0.25) is 0 Å². The summed E-state index contributed by atoms with van der Waals surface area (Å²) in [5, 5.41) is 0. The smallest absolute Gasteiger partial charge is 0.399 e. The third-order valence-corrected chi connectivity index (χ3v) is 2.56. The monoisotopic (exact) mass is 221 g/mol. The van der Waals surface area contributed by atoms with Crippen molar-refractivity contribution in [2.75, 3.05) is 11.5 Å². The van der Waals surface area contributed by atoms with Gasteiger partial charge in [-0.15, -0.1) is 11.8 Å². The minimum Gasteiger partial charge on any atom is -0.399 e. The first-order valence-corrected chi connectivity index (χ1v) is 5.03. The summed E-state index contributed by atoms with van der Waals surface area (Å²) in [6, 6.07) is 3.86. The zero-order chi connectivity index (χ0) is 10.8. The predicted molar refractivity (Wildman–Crippen MR) is 52.3 cm³/mol. The zero-order valence-electron chi connectivity index (χ0n) is 7.56. The standard InChI is InChI=1S/C9H10F3NS/c1-2-14-8-4-3-6(13)5-7(8)9(10,11)12/h3-5H,2,13H2,1H3. The summed E-state index contributed by atoms with van der Waals surface area (Å²) in [5.41, 5.74) is 4.80. The number of nitrogen functional groups attached to an aromatic ring is 1. The molecule has 0 unspecified atom stereocenters. The molecule has 0 fully saturated rings. The topological polar surface area (TPSA) is 26.0 Å². The quantitative estimate of drug-likeness (QED) is 0.611. The highest BCUT2D eigenvalue weighted by molar-refractivity contribution is 7.99. The van der Waals surface area contributed by atoms with E-state index in [0.717, 1.165) is 17.8 Å². The average Bonchev–Trinajstić information content (AvgIpc) is 2.07. The lowest BCUT2D eigenvalue weighted by atomic mass is 10.2. The third-order valence-electron chi connectivity index (χ3n) is 1.61. The molecule has 0 atom stereocenters. The first-order chi connectivity index (χ1) is 6.45. The van der Waals surface area contributed by atoms with E-state index in [9.17, 15) is 13.2 Å². The van der Waals surface area contributed by atoms with E-state index in [4.69, 9.17) is 5.73 Å². The van der Waals surface area contributed by atoms with Crippen LogP contribution in [0.25, 0.3) is 0 Å². The Labute approximate surface area is 84.5 Å². The second-order valence-electron chi connectivity index (χ2n) is 2.69. The molecule has 0 spiro atoms. The molecule has 0 radical (unpaired) electrons. The number of halogens is 3. The predicted octanol–water partition coefficient (Wildman–Crippen LogP) is 3.40. The largest absolute Gasteiger partial charge is 0.417 e. The van der Waals surface area contributed by atoms with Gasteiger partial charge in [0.15, 0.2) is 0 Å². The van der Waals surface area contributed by atoms with Gasteiger partial charge >= 0.3 is 6.18 Å². The molecule has 78 valence electrons. The van der Waals surface area contributed by atoms with E-state index < -0.39 is 11.7 Å². The Balaban J connectivity index is 3.16. The van der Waals surface area contributed by atoms with Crippen molar-refractivity contribution in [1.29, 1.82) is 0 Å². The number of thioether (sulfide) groups is 1. The normalized spacial score (nSPS) is 11.7. The number of hydrogen-bond donors (Lipinski definition) is 1. The van der Waals surface area contributed by atoms with Crippen molar-refractivity contribution in [3.8, 4) is 0 Å². The fourth-order valence-electron chi connectivity index (χ4n) is 1.05. The van der Waals surface area contributed by atoms with Crippen LogP contribution in [0.5, 0.6) is 0 Å². The van der Waals surface area contributed by atoms with Crippen molar-refractivity contribution in [2.45, 2.75) is 18.0 Å². The Morgan fingerprint density at radius 3 is 2.50 bits per heavy atom. The number of alkyl halides is 3. The minimum absolute atomic E-state index is 0.137. The molecular formula is C9H10F3NS. The lowest BCUT2D eigenvalue weighted by molar-refractivity contribution is -0.139. The molecule has 0 aliphatic rings. The van der Waals surface area contributed by atoms with Crippen molar-refractivity contribution >= 4 is 17.4 Å². The number of anilines is 1. The molecule has 0 saturated carbocycles. The SMILES string of the molecule is CCSc1ccc(N)cc1C(F)(F)F. The van der Waals surface area contributed by atoms with Gasteiger partial charge in [-0.2, -0.15) is 13.2 Å². The second kappa shape index (κ2) is 4.13. The molecule has 2 N–H and O–H groups in total. The summed E-state index contributed by atoms with van der Waals surface area (Å²) in [6.07, 6.45) is -4.33. The molecular weight excluding hydrogens is 211 g/mol. The van der Waals surface area contributed by atoms with Crippen LogP contribution < -0.4 is 5.73 Å². The summed E-state index contributed by atoms with van der Waals surface area (Å²) in [4.78, 5) is 0.231. The van der Waals surface area contributed by atoms with Crippen LogP contribution in [0.15, 0.2) is 23.1 Å². The Morgan fingerprint density at radius 2 is 2.00 bits per heavy atom. The van der Waals surface area contributed by atoms with Crippen molar-refractivity contribution < 1.29 is 13.2 Å². The van der Waals surface area contributed by atoms with Crippen LogP contribution in [0.3, 0.4) is 0 Å². The van der Waals surface area contributed by atoms with Crippen molar-refractivity contribution in [1.82, 2.24) is 0 Å². The lowest BCUT2D eigenvalue weighted by Crippen LogP contribution is -2.07. The molecule has 1 aromatic rings. The number of benzene rings is 1. The number of nitrogens with two attached hydrogens (primary N) is 1. The Morgan fingerprint density at radius 1 is 1.36 bits per heavy atom. The van der Waals surface area contributed by atoms with Gasteiger partial charge < -0.3 is 5.73 Å². The highest BCUT2D eigenvalue weighted by atomic mass is 32.2. The minimum atomic E-state index is -4.33. The van der Waals surface area contributed by atoms with E-state index in [2.05, 4.69) is 0 Å². The van der Waals surface area contributed by atoms with Gasteiger partial charge in [0.1, 0.15) is 0 Å². The maximum atomic E-state index is 12.5. The van der Waals surface area contributed by atoms with E-state index >= 15 is 0 Å². The summed E-state index contributed by atoms with van der Waals surface area (Å²) in [7, 11) is 0. The summed E-state index contributed by atoms with van der Waals surface area (Å²) >= 11 is 1.16. The van der Waals surface area contributed by atoms with Crippen LogP contribution in [0.4, 0.5) is 18.9 Å². The van der Waals surface area contributed by atoms with Crippen molar-refractivity contribution in [3.05, 3.63) is 23.8 Å². The molecule has 5 heteroatoms. The van der Waals surface area contributed by atoms with Gasteiger partial charge in [0.05, 0.1) is 5.56 Å². The molecule has 0 heterocycles. The summed E-state index contributed by atoms with van der Waals surface area (Å²) in [6.45, 7) is 1.81. The molecule has 0 bridgehead atoms. The third kappa shape index (κ3) is 2.57. The van der Waals surface area contributed by atoms with Crippen LogP contribution in [-0.2, 0) is 6.18 Å². The molecule has 0 amide bonds. The second-order valence-corrected chi connectivity index (χ2v) is 3.99. The Hall–Kier alpha value is -0.840. The molecule has 14 heavy (non-hydrogen) atoms. The summed E-state index contributed by atoms with van der Waals surface area (Å²) in [5.74, 6) is 0.604. The van der Waals surface area contributed by atoms with E-state index in [1.54, 1.807) is 6.92 Å². The Kier molecular flexibility index (Phi) is 3.31. The van der Waals surface area contributed by atoms with Gasteiger partial charge in [0.25, 0.3) is 0 Å². The van der Waals surface area contributed by atoms with Gasteiger partial charge in [-0.25, -0.2) is 0 Å². The van der Waals surface area contributed by atoms with Crippen LogP contribution in [-0.4, -0.2) is 5.75 Å². The zero-order valence-corrected chi connectivity index (χ0v) is 8.38. The van der Waals surface area contributed by atoms with Crippen LogP contribution >= 0.6 is 11.8 Å². The maximum Gasteiger partial charge on any atom is 0.417 e. The average molecular weight is 221 g/mol. The fourth-order valence-corrected chi connectivity index (χ4v) is 1.86. The molecule has 0 aromatic heterocycles. The molecule has 0 aliphatic carbocycles. The maximum absolute atomic E-state index is 12.5. The molecule has 0 saturated heterocycles. The fraction of sp³-hybridized carbons (Fsp3) is 0.333. The van der Waals surface area contributed by atoms with Crippen LogP contribution in [0.2, 0.25) is 0 Å². The molecule has 1 rings (SSSR count). The summed E-state index contributed by atoms with van der Waals surface area (Å²) < 4.78 is 37.4. The number of rotatable bonds is 2. The van der Waals surface area contributed by atoms with Crippen LogP contribution in [0, 0.1) is 0 Å². The number of hydrogen-bond acceptors (Lipinski definition) is 2. The highest BCUT2D eigenvalue weighted by Gasteiger charge is 2.33. The van der Waals surface area contributed by atoms with E-state index in [1.807, 2.05) is 0 Å². The van der Waals surface area contributed by atoms with Crippen LogP contribution in [0.1, 0.15) is 12.5 Å². The molecule has 0 aliphatic heterocycles. The van der Waals surface area contributed by atoms with Crippen molar-refractivity contribution in [3.63, 3.8) is 0 Å². The first kappa shape index (κ1) is 11.2. The van der Waals surface area contributed by atoms with E-state index in [1.165, 1.54) is 12.1 Å². The van der Waals surface area contributed by atoms with Gasteiger partial charge in [-0.05, 0) is 24.0 Å².